The van der Waals surface area contributed by atoms with Gasteiger partial charge >= 0.3 is 0 Å². The van der Waals surface area contributed by atoms with Crippen molar-refractivity contribution in [3.8, 4) is 0 Å². The summed E-state index contributed by atoms with van der Waals surface area (Å²) in [4.78, 5) is 11.7. The zero-order valence-corrected chi connectivity index (χ0v) is 10.8. The molecule has 3 rings (SSSR count). The van der Waals surface area contributed by atoms with Gasteiger partial charge in [-0.2, -0.15) is 0 Å². The van der Waals surface area contributed by atoms with E-state index < -0.39 is 0 Å². The van der Waals surface area contributed by atoms with Gasteiger partial charge in [0.15, 0.2) is 0 Å². The van der Waals surface area contributed by atoms with Crippen molar-refractivity contribution in [2.75, 3.05) is 0 Å². The molecule has 2 aromatic rings. The fraction of sp³-hybridized carbons (Fsp3) is 0.353. The molecule has 0 amide bonds. The van der Waals surface area contributed by atoms with E-state index in [0.29, 0.717) is 12.2 Å². The van der Waals surface area contributed by atoms with Crippen LogP contribution in [0, 0.1) is 0 Å². The third-order valence-electron chi connectivity index (χ3n) is 4.22. The Morgan fingerprint density at radius 1 is 1.06 bits per heavy atom. The van der Waals surface area contributed by atoms with Crippen molar-refractivity contribution < 1.29 is 4.79 Å². The molecule has 18 heavy (non-hydrogen) atoms. The van der Waals surface area contributed by atoms with Gasteiger partial charge in [0.25, 0.3) is 0 Å². The van der Waals surface area contributed by atoms with Gasteiger partial charge in [0.2, 0.25) is 0 Å². The van der Waals surface area contributed by atoms with Crippen LogP contribution in [-0.4, -0.2) is 5.78 Å². The molecule has 0 N–H and O–H groups in total. The maximum Gasteiger partial charge on any atom is 0.133 e. The summed E-state index contributed by atoms with van der Waals surface area (Å²) in [5.74, 6) is 0.414. The zero-order chi connectivity index (χ0) is 12.6. The molecule has 0 heterocycles. The van der Waals surface area contributed by atoms with Crippen molar-refractivity contribution in [2.24, 2.45) is 0 Å². The number of hydrogen-bond acceptors (Lipinski definition) is 1. The van der Waals surface area contributed by atoms with Crippen molar-refractivity contribution in [3.05, 3.63) is 48.0 Å². The van der Waals surface area contributed by atoms with Gasteiger partial charge in [0, 0.05) is 12.8 Å². The highest BCUT2D eigenvalue weighted by molar-refractivity contribution is 5.84. The Hall–Kier alpha value is -1.63. The average Bonchev–Trinajstić information content (AvgIpc) is 2.38. The lowest BCUT2D eigenvalue weighted by Gasteiger charge is -2.33. The molecule has 1 aliphatic carbocycles. The van der Waals surface area contributed by atoms with Gasteiger partial charge in [-0.05, 0) is 34.6 Å². The van der Waals surface area contributed by atoms with Gasteiger partial charge in [-0.15, -0.1) is 0 Å². The Bertz CT molecular complexity index is 599. The van der Waals surface area contributed by atoms with E-state index in [-0.39, 0.29) is 5.41 Å². The Labute approximate surface area is 108 Å². The second-order valence-corrected chi connectivity index (χ2v) is 5.69. The predicted octanol–water partition coefficient (Wildman–Crippen LogP) is 4.24. The highest BCUT2D eigenvalue weighted by Gasteiger charge is 2.32. The lowest BCUT2D eigenvalue weighted by atomic mass is 9.70. The summed E-state index contributed by atoms with van der Waals surface area (Å²) in [6.45, 7) is 2.23. The average molecular weight is 238 g/mol. The number of fused-ring (bicyclic) bond motifs is 1. The van der Waals surface area contributed by atoms with E-state index in [2.05, 4.69) is 49.4 Å². The third kappa shape index (κ3) is 1.94. The summed E-state index contributed by atoms with van der Waals surface area (Å²) in [5.41, 5.74) is 1.36. The molecule has 0 unspecified atom stereocenters. The number of Topliss-reactive ketones (excluding diaryl/α,β-unsaturated/α-hetero) is 1. The molecular formula is C17H18O. The first-order chi connectivity index (χ1) is 8.67. The van der Waals surface area contributed by atoms with E-state index in [1.54, 1.807) is 0 Å². The molecule has 0 bridgehead atoms. The van der Waals surface area contributed by atoms with Crippen molar-refractivity contribution >= 4 is 16.6 Å². The van der Waals surface area contributed by atoms with Crippen LogP contribution in [0.15, 0.2) is 42.5 Å². The minimum absolute atomic E-state index is 0.0410. The van der Waals surface area contributed by atoms with Crippen molar-refractivity contribution in [2.45, 2.75) is 38.0 Å². The van der Waals surface area contributed by atoms with Crippen LogP contribution >= 0.6 is 0 Å². The van der Waals surface area contributed by atoms with Gasteiger partial charge in [0.05, 0.1) is 0 Å². The molecule has 0 spiro atoms. The lowest BCUT2D eigenvalue weighted by Crippen LogP contribution is -2.29. The second-order valence-electron chi connectivity index (χ2n) is 5.69. The smallest absolute Gasteiger partial charge is 0.133 e. The summed E-state index contributed by atoms with van der Waals surface area (Å²) in [6.07, 6.45) is 3.62. The van der Waals surface area contributed by atoms with Crippen LogP contribution in [0.2, 0.25) is 0 Å². The van der Waals surface area contributed by atoms with Gasteiger partial charge in [-0.1, -0.05) is 49.4 Å². The molecule has 92 valence electrons. The number of benzene rings is 2. The first kappa shape index (κ1) is 11.5. The second kappa shape index (κ2) is 4.24. The molecule has 0 aliphatic heterocycles. The Morgan fingerprint density at radius 2 is 1.83 bits per heavy atom. The van der Waals surface area contributed by atoms with E-state index in [9.17, 15) is 4.79 Å². The summed E-state index contributed by atoms with van der Waals surface area (Å²) >= 11 is 0. The molecule has 0 radical (unpaired) electrons. The van der Waals surface area contributed by atoms with Crippen molar-refractivity contribution in [1.82, 2.24) is 0 Å². The summed E-state index contributed by atoms with van der Waals surface area (Å²) in [7, 11) is 0. The fourth-order valence-electron chi connectivity index (χ4n) is 3.10. The van der Waals surface area contributed by atoms with Crippen LogP contribution in [0.1, 0.15) is 38.2 Å². The maximum absolute atomic E-state index is 11.7. The summed E-state index contributed by atoms with van der Waals surface area (Å²) < 4.78 is 0. The molecule has 1 heteroatoms. The molecule has 1 nitrogen and oxygen atoms in total. The fourth-order valence-corrected chi connectivity index (χ4v) is 3.10. The van der Waals surface area contributed by atoms with Crippen molar-refractivity contribution in [1.29, 1.82) is 0 Å². The van der Waals surface area contributed by atoms with Crippen LogP contribution < -0.4 is 0 Å². The molecule has 1 saturated carbocycles. The SMILES string of the molecule is C[C@@]1(c2ccc3ccccc3c2)CCCC(=O)C1. The predicted molar refractivity (Wildman–Crippen MR) is 74.8 cm³/mol. The standard InChI is InChI=1S/C17H18O/c1-17(10-4-7-16(18)12-17)15-9-8-13-5-2-3-6-14(13)11-15/h2-3,5-6,8-9,11H,4,7,10,12H2,1H3/t17-/m1/s1. The van der Waals surface area contributed by atoms with Crippen LogP contribution in [0.4, 0.5) is 0 Å². The number of carbonyl (C=O) groups excluding carboxylic acids is 1. The zero-order valence-electron chi connectivity index (χ0n) is 10.8. The molecule has 1 fully saturated rings. The van der Waals surface area contributed by atoms with Crippen LogP contribution in [0.25, 0.3) is 10.8 Å². The van der Waals surface area contributed by atoms with E-state index in [0.717, 1.165) is 19.3 Å². The topological polar surface area (TPSA) is 17.1 Å². The normalized spacial score (nSPS) is 24.4. The Kier molecular flexibility index (Phi) is 2.70. The largest absolute Gasteiger partial charge is 0.300 e. The molecule has 1 aliphatic rings. The van der Waals surface area contributed by atoms with E-state index in [1.807, 2.05) is 0 Å². The molecule has 1 atom stereocenters. The third-order valence-corrected chi connectivity index (χ3v) is 4.22. The minimum atomic E-state index is 0.0410. The van der Waals surface area contributed by atoms with Crippen LogP contribution in [0.5, 0.6) is 0 Å². The number of carbonyl (C=O) groups is 1. The number of hydrogen-bond donors (Lipinski definition) is 0. The molecule has 0 aromatic heterocycles. The van der Waals surface area contributed by atoms with E-state index in [4.69, 9.17) is 0 Å². The van der Waals surface area contributed by atoms with Gasteiger partial charge < -0.3 is 0 Å². The first-order valence-corrected chi connectivity index (χ1v) is 6.68. The molecular weight excluding hydrogens is 220 g/mol. The first-order valence-electron chi connectivity index (χ1n) is 6.68. The summed E-state index contributed by atoms with van der Waals surface area (Å²) in [5, 5.41) is 2.54. The van der Waals surface area contributed by atoms with Crippen molar-refractivity contribution in [3.63, 3.8) is 0 Å². The van der Waals surface area contributed by atoms with E-state index >= 15 is 0 Å². The maximum atomic E-state index is 11.7. The minimum Gasteiger partial charge on any atom is -0.300 e. The lowest BCUT2D eigenvalue weighted by molar-refractivity contribution is -0.121. The van der Waals surface area contributed by atoms with Gasteiger partial charge in [-0.3, -0.25) is 4.79 Å². The van der Waals surface area contributed by atoms with E-state index in [1.165, 1.54) is 16.3 Å². The molecule has 0 saturated heterocycles. The van der Waals surface area contributed by atoms with Gasteiger partial charge in [-0.25, -0.2) is 0 Å². The number of ketones is 1. The van der Waals surface area contributed by atoms with Crippen LogP contribution in [0.3, 0.4) is 0 Å². The monoisotopic (exact) mass is 238 g/mol. The quantitative estimate of drug-likeness (QED) is 0.726. The Morgan fingerprint density at radius 3 is 2.61 bits per heavy atom. The molecule has 2 aromatic carbocycles. The Balaban J connectivity index is 2.05. The van der Waals surface area contributed by atoms with Crippen LogP contribution in [-0.2, 0) is 10.2 Å². The van der Waals surface area contributed by atoms with Gasteiger partial charge in [0.1, 0.15) is 5.78 Å². The summed E-state index contributed by atoms with van der Waals surface area (Å²) in [6, 6.07) is 15.0. The number of rotatable bonds is 1. The highest BCUT2D eigenvalue weighted by atomic mass is 16.1. The highest BCUT2D eigenvalue weighted by Crippen LogP contribution is 2.38.